The first kappa shape index (κ1) is 13.5. The van der Waals surface area contributed by atoms with Crippen LogP contribution in [0.5, 0.6) is 0 Å². The predicted octanol–water partition coefficient (Wildman–Crippen LogP) is 1.12. The Morgan fingerprint density at radius 1 is 1.44 bits per heavy atom. The highest BCUT2D eigenvalue weighted by Gasteiger charge is 2.13. The molecule has 16 heavy (non-hydrogen) atoms. The van der Waals surface area contributed by atoms with Crippen LogP contribution in [0, 0.1) is 5.41 Å². The van der Waals surface area contributed by atoms with Gasteiger partial charge in [0, 0.05) is 12.5 Å². The van der Waals surface area contributed by atoms with Gasteiger partial charge in [0.2, 0.25) is 0 Å². The van der Waals surface area contributed by atoms with Crippen LogP contribution in [-0.4, -0.2) is 54.9 Å². The van der Waals surface area contributed by atoms with Crippen molar-refractivity contribution < 1.29 is 0 Å². The molecule has 0 aliphatic carbocycles. The number of hydrogen-bond donors (Lipinski definition) is 2. The molecule has 0 aromatic carbocycles. The lowest BCUT2D eigenvalue weighted by atomic mass is 10.2. The highest BCUT2D eigenvalue weighted by Crippen LogP contribution is 2.08. The van der Waals surface area contributed by atoms with Gasteiger partial charge in [-0.2, -0.15) is 0 Å². The summed E-state index contributed by atoms with van der Waals surface area (Å²) in [6.45, 7) is 7.03. The topological polar surface area (TPSA) is 56.4 Å². The molecule has 4 nitrogen and oxygen atoms in total. The maximum atomic E-state index is 7.27. The predicted molar refractivity (Wildman–Crippen MR) is 68.9 cm³/mol. The first-order valence-electron chi connectivity index (χ1n) is 6.35. The molecule has 1 aliphatic heterocycles. The van der Waals surface area contributed by atoms with Crippen molar-refractivity contribution in [1.29, 1.82) is 5.41 Å². The molecule has 0 bridgehead atoms. The van der Waals surface area contributed by atoms with Crippen molar-refractivity contribution in [3.05, 3.63) is 0 Å². The second-order valence-electron chi connectivity index (χ2n) is 4.96. The average molecular weight is 226 g/mol. The van der Waals surface area contributed by atoms with Crippen LogP contribution in [0.4, 0.5) is 0 Å². The van der Waals surface area contributed by atoms with E-state index in [1.807, 2.05) is 0 Å². The van der Waals surface area contributed by atoms with Gasteiger partial charge in [0.05, 0.1) is 5.84 Å². The van der Waals surface area contributed by atoms with Crippen LogP contribution in [-0.2, 0) is 0 Å². The minimum Gasteiger partial charge on any atom is -0.388 e. The molecular weight excluding hydrogens is 200 g/mol. The molecule has 3 N–H and O–H groups in total. The number of nitrogens with zero attached hydrogens (tertiary/aromatic N) is 2. The molecule has 0 amide bonds. The zero-order valence-electron chi connectivity index (χ0n) is 10.7. The summed E-state index contributed by atoms with van der Waals surface area (Å²) in [5.41, 5.74) is 5.41. The first-order valence-corrected chi connectivity index (χ1v) is 6.35. The van der Waals surface area contributed by atoms with Crippen LogP contribution in [0.15, 0.2) is 0 Å². The minimum atomic E-state index is 0.291. The molecular formula is C12H26N4. The summed E-state index contributed by atoms with van der Waals surface area (Å²) in [6.07, 6.45) is 4.64. The van der Waals surface area contributed by atoms with Gasteiger partial charge in [0.1, 0.15) is 0 Å². The largest absolute Gasteiger partial charge is 0.388 e. The third-order valence-electron chi connectivity index (χ3n) is 3.45. The Balaban J connectivity index is 2.08. The van der Waals surface area contributed by atoms with E-state index >= 15 is 0 Å². The van der Waals surface area contributed by atoms with Crippen molar-refractivity contribution in [2.45, 2.75) is 38.6 Å². The van der Waals surface area contributed by atoms with Crippen molar-refractivity contribution in [2.75, 3.05) is 33.2 Å². The Bertz CT molecular complexity index is 211. The van der Waals surface area contributed by atoms with Gasteiger partial charge in [-0.3, -0.25) is 5.41 Å². The monoisotopic (exact) mass is 226 g/mol. The molecule has 1 aliphatic rings. The van der Waals surface area contributed by atoms with E-state index in [-0.39, 0.29) is 0 Å². The van der Waals surface area contributed by atoms with Crippen LogP contribution >= 0.6 is 0 Å². The molecule has 1 rings (SSSR count). The van der Waals surface area contributed by atoms with Crippen LogP contribution in [0.1, 0.15) is 32.6 Å². The van der Waals surface area contributed by atoms with Crippen LogP contribution in [0.2, 0.25) is 0 Å². The molecule has 94 valence electrons. The van der Waals surface area contributed by atoms with E-state index in [4.69, 9.17) is 11.1 Å². The number of amidine groups is 1. The fraction of sp³-hybridized carbons (Fsp3) is 0.917. The Morgan fingerprint density at radius 2 is 2.06 bits per heavy atom. The molecule has 1 atom stereocenters. The molecule has 0 aromatic heterocycles. The van der Waals surface area contributed by atoms with Crippen LogP contribution in [0.3, 0.4) is 0 Å². The summed E-state index contributed by atoms with van der Waals surface area (Å²) in [5.74, 6) is 0.291. The molecule has 0 radical (unpaired) electrons. The lowest BCUT2D eigenvalue weighted by molar-refractivity contribution is 0.237. The molecule has 0 spiro atoms. The molecule has 4 heteroatoms. The summed E-state index contributed by atoms with van der Waals surface area (Å²) in [6, 6.07) is 0.385. The number of hydrogen-bond acceptors (Lipinski definition) is 3. The summed E-state index contributed by atoms with van der Waals surface area (Å²) >= 11 is 0. The van der Waals surface area contributed by atoms with Gasteiger partial charge in [-0.25, -0.2) is 0 Å². The average Bonchev–Trinajstić information content (AvgIpc) is 2.69. The third-order valence-corrected chi connectivity index (χ3v) is 3.45. The molecule has 1 heterocycles. The van der Waals surface area contributed by atoms with Gasteiger partial charge in [0.25, 0.3) is 0 Å². The summed E-state index contributed by atoms with van der Waals surface area (Å²) < 4.78 is 0. The number of likely N-dealkylation sites (tertiary alicyclic amines) is 1. The van der Waals surface area contributed by atoms with Crippen LogP contribution in [0.25, 0.3) is 0 Å². The van der Waals surface area contributed by atoms with E-state index in [1.165, 1.54) is 38.9 Å². The number of nitrogens with two attached hydrogens (primary N) is 1. The zero-order chi connectivity index (χ0) is 12.0. The van der Waals surface area contributed by atoms with E-state index in [9.17, 15) is 0 Å². The Morgan fingerprint density at radius 3 is 2.62 bits per heavy atom. The highest BCUT2D eigenvalue weighted by molar-refractivity contribution is 5.77. The number of nitrogens with one attached hydrogen (secondary N) is 1. The summed E-state index contributed by atoms with van der Waals surface area (Å²) in [5, 5.41) is 7.27. The smallest absolute Gasteiger partial charge is 0.0920 e. The van der Waals surface area contributed by atoms with Gasteiger partial charge in [-0.1, -0.05) is 0 Å². The van der Waals surface area contributed by atoms with Gasteiger partial charge in [0.15, 0.2) is 0 Å². The molecule has 0 saturated carbocycles. The second kappa shape index (κ2) is 6.86. The fourth-order valence-corrected chi connectivity index (χ4v) is 2.24. The maximum absolute atomic E-state index is 7.27. The van der Waals surface area contributed by atoms with Crippen molar-refractivity contribution in [3.8, 4) is 0 Å². The lowest BCUT2D eigenvalue weighted by Crippen LogP contribution is -2.35. The SMILES string of the molecule is CC(CC(=N)N)N(C)CCCN1CCCC1. The molecule has 1 saturated heterocycles. The highest BCUT2D eigenvalue weighted by atomic mass is 15.2. The van der Waals surface area contributed by atoms with Gasteiger partial charge in [-0.05, 0) is 59.4 Å². The maximum Gasteiger partial charge on any atom is 0.0920 e. The van der Waals surface area contributed by atoms with Gasteiger partial charge < -0.3 is 15.5 Å². The van der Waals surface area contributed by atoms with E-state index in [0.717, 1.165) is 6.54 Å². The third kappa shape index (κ3) is 4.94. The first-order chi connectivity index (χ1) is 7.59. The quantitative estimate of drug-likeness (QED) is 0.505. The van der Waals surface area contributed by atoms with Gasteiger partial charge in [-0.15, -0.1) is 0 Å². The Hall–Kier alpha value is -0.610. The molecule has 1 fully saturated rings. The second-order valence-corrected chi connectivity index (χ2v) is 4.96. The standard InChI is InChI=1S/C12H26N4/c1-11(10-12(13)14)15(2)6-5-9-16-7-3-4-8-16/h11H,3-10H2,1-2H3,(H3,13,14). The summed E-state index contributed by atoms with van der Waals surface area (Å²) in [7, 11) is 2.12. The van der Waals surface area contributed by atoms with Crippen molar-refractivity contribution in [1.82, 2.24) is 9.80 Å². The van der Waals surface area contributed by atoms with Crippen molar-refractivity contribution >= 4 is 5.84 Å². The van der Waals surface area contributed by atoms with Gasteiger partial charge >= 0.3 is 0 Å². The van der Waals surface area contributed by atoms with Crippen LogP contribution < -0.4 is 5.73 Å². The van der Waals surface area contributed by atoms with E-state index in [0.29, 0.717) is 18.3 Å². The summed E-state index contributed by atoms with van der Waals surface area (Å²) in [4.78, 5) is 4.85. The van der Waals surface area contributed by atoms with E-state index in [2.05, 4.69) is 23.8 Å². The molecule has 0 aromatic rings. The normalized spacial score (nSPS) is 19.2. The van der Waals surface area contributed by atoms with E-state index in [1.54, 1.807) is 0 Å². The zero-order valence-corrected chi connectivity index (χ0v) is 10.7. The van der Waals surface area contributed by atoms with E-state index < -0.39 is 0 Å². The van der Waals surface area contributed by atoms with Crippen molar-refractivity contribution in [3.63, 3.8) is 0 Å². The Kier molecular flexibility index (Phi) is 5.77. The molecule has 1 unspecified atom stereocenters. The van der Waals surface area contributed by atoms with Crippen molar-refractivity contribution in [2.24, 2.45) is 5.73 Å². The fourth-order valence-electron chi connectivity index (χ4n) is 2.24. The Labute approximate surface area is 99.3 Å². The lowest BCUT2D eigenvalue weighted by Gasteiger charge is -2.25. The number of rotatable bonds is 7. The minimum absolute atomic E-state index is 0.291.